The highest BCUT2D eigenvalue weighted by Gasteiger charge is 2.26. The molecule has 0 saturated heterocycles. The summed E-state index contributed by atoms with van der Waals surface area (Å²) >= 11 is 5.01. The highest BCUT2D eigenvalue weighted by Crippen LogP contribution is 2.40. The van der Waals surface area contributed by atoms with E-state index in [9.17, 15) is 0 Å². The molecule has 5 nitrogen and oxygen atoms in total. The number of nitrogens with zero attached hydrogens (tertiary/aromatic N) is 3. The average molecular weight is 455 g/mol. The van der Waals surface area contributed by atoms with Crippen LogP contribution in [0.3, 0.4) is 0 Å². The lowest BCUT2D eigenvalue weighted by atomic mass is 10.1. The van der Waals surface area contributed by atoms with Crippen molar-refractivity contribution >= 4 is 33.4 Å². The molecule has 3 aromatic rings. The van der Waals surface area contributed by atoms with Crippen LogP contribution < -0.4 is 10.1 Å². The van der Waals surface area contributed by atoms with E-state index in [0.717, 1.165) is 27.7 Å². The first-order chi connectivity index (χ1) is 13.7. The summed E-state index contributed by atoms with van der Waals surface area (Å²) in [5, 5.41) is 12.7. The van der Waals surface area contributed by atoms with Crippen molar-refractivity contribution in [2.45, 2.75) is 24.7 Å². The molecule has 0 aliphatic carbocycles. The zero-order valence-electron chi connectivity index (χ0n) is 15.4. The van der Waals surface area contributed by atoms with Crippen LogP contribution in [0.25, 0.3) is 11.3 Å². The summed E-state index contributed by atoms with van der Waals surface area (Å²) in [6.07, 6.45) is 2.44. The first-order valence-corrected chi connectivity index (χ1v) is 10.8. The quantitative estimate of drug-likeness (QED) is 0.397. The first-order valence-electron chi connectivity index (χ1n) is 8.98. The molecule has 0 spiro atoms. The minimum absolute atomic E-state index is 0.374. The van der Waals surface area contributed by atoms with Crippen LogP contribution in [-0.4, -0.2) is 20.9 Å². The van der Waals surface area contributed by atoms with E-state index in [1.165, 1.54) is 17.3 Å². The molecule has 0 fully saturated rings. The van der Waals surface area contributed by atoms with Crippen LogP contribution in [0.1, 0.15) is 24.3 Å². The van der Waals surface area contributed by atoms with Gasteiger partial charge in [0.05, 0.1) is 0 Å². The Hall–Kier alpha value is -2.38. The normalized spacial score (nSPS) is 14.9. The Kier molecular flexibility index (Phi) is 5.64. The maximum atomic E-state index is 6.28. The van der Waals surface area contributed by atoms with Crippen molar-refractivity contribution in [2.24, 2.45) is 0 Å². The van der Waals surface area contributed by atoms with Crippen LogP contribution in [0.2, 0.25) is 0 Å². The first kappa shape index (κ1) is 19.0. The van der Waals surface area contributed by atoms with Crippen molar-refractivity contribution in [3.63, 3.8) is 0 Å². The summed E-state index contributed by atoms with van der Waals surface area (Å²) in [5.74, 6) is 1.18. The van der Waals surface area contributed by atoms with Crippen LogP contribution >= 0.6 is 27.7 Å². The van der Waals surface area contributed by atoms with Gasteiger partial charge in [0.15, 0.2) is 11.9 Å². The molecular weight excluding hydrogens is 436 g/mol. The number of aryl methyl sites for hydroxylation is 1. The fourth-order valence-corrected chi connectivity index (χ4v) is 3.82. The summed E-state index contributed by atoms with van der Waals surface area (Å²) in [6, 6.07) is 14.4. The van der Waals surface area contributed by atoms with E-state index in [-0.39, 0.29) is 6.23 Å². The number of halogens is 1. The molecule has 28 heavy (non-hydrogen) atoms. The van der Waals surface area contributed by atoms with Crippen molar-refractivity contribution in [1.82, 2.24) is 15.2 Å². The number of benzene rings is 2. The molecule has 0 saturated carbocycles. The largest absolute Gasteiger partial charge is 0.448 e. The van der Waals surface area contributed by atoms with Crippen molar-refractivity contribution in [3.8, 4) is 17.1 Å². The van der Waals surface area contributed by atoms with Gasteiger partial charge in [0, 0.05) is 27.0 Å². The third-order valence-electron chi connectivity index (χ3n) is 4.41. The van der Waals surface area contributed by atoms with Crippen molar-refractivity contribution in [2.75, 3.05) is 11.1 Å². The van der Waals surface area contributed by atoms with Gasteiger partial charge in [0.2, 0.25) is 11.0 Å². The van der Waals surface area contributed by atoms with Gasteiger partial charge in [-0.2, -0.15) is 4.98 Å². The smallest absolute Gasteiger partial charge is 0.247 e. The van der Waals surface area contributed by atoms with Gasteiger partial charge < -0.3 is 10.1 Å². The number of fused-ring (bicyclic) bond motifs is 3. The second-order valence-corrected chi connectivity index (χ2v) is 8.18. The van der Waals surface area contributed by atoms with E-state index < -0.39 is 0 Å². The summed E-state index contributed by atoms with van der Waals surface area (Å²) in [4.78, 5) is 4.61. The Morgan fingerprint density at radius 2 is 2.04 bits per heavy atom. The molecule has 7 heteroatoms. The van der Waals surface area contributed by atoms with Crippen LogP contribution in [0.15, 0.2) is 64.7 Å². The molecule has 1 aliphatic rings. The standard InChI is InChI=1S/C21H19BrN4OS/c1-3-11-28-21-24-20-18(25-26-21)16-12-15(22)9-10-17(16)23-19(27-20)14-7-5-13(4-2)6-8-14/h3,5-10,12,19,23H,1,4,11H2,2H3. The predicted octanol–water partition coefficient (Wildman–Crippen LogP) is 5.64. The molecule has 1 aromatic heterocycles. The van der Waals surface area contributed by atoms with Gasteiger partial charge in [-0.15, -0.1) is 16.8 Å². The van der Waals surface area contributed by atoms with Gasteiger partial charge in [-0.1, -0.05) is 65.0 Å². The molecule has 1 atom stereocenters. The molecular formula is C21H19BrN4OS. The van der Waals surface area contributed by atoms with E-state index in [0.29, 0.717) is 22.5 Å². The van der Waals surface area contributed by atoms with Gasteiger partial charge in [-0.25, -0.2) is 0 Å². The van der Waals surface area contributed by atoms with Crippen LogP contribution in [-0.2, 0) is 6.42 Å². The molecule has 1 N–H and O–H groups in total. The number of thioether (sulfide) groups is 1. The zero-order chi connectivity index (χ0) is 19.5. The molecule has 0 bridgehead atoms. The van der Waals surface area contributed by atoms with Crippen LogP contribution in [0.5, 0.6) is 5.88 Å². The molecule has 1 unspecified atom stereocenters. The third-order valence-corrected chi connectivity index (χ3v) is 5.74. The maximum Gasteiger partial charge on any atom is 0.247 e. The Balaban J connectivity index is 1.79. The van der Waals surface area contributed by atoms with Gasteiger partial charge in [0.25, 0.3) is 0 Å². The van der Waals surface area contributed by atoms with Crippen molar-refractivity contribution in [1.29, 1.82) is 0 Å². The monoisotopic (exact) mass is 454 g/mol. The lowest BCUT2D eigenvalue weighted by Gasteiger charge is -2.19. The van der Waals surface area contributed by atoms with Gasteiger partial charge in [-0.3, -0.25) is 0 Å². The SMILES string of the molecule is C=CCSc1nnc2c(n1)OC(c1ccc(CC)cc1)Nc1ccc(Br)cc1-2. The number of rotatable bonds is 5. The van der Waals surface area contributed by atoms with E-state index in [2.05, 4.69) is 74.2 Å². The predicted molar refractivity (Wildman–Crippen MR) is 117 cm³/mol. The fourth-order valence-electron chi connectivity index (χ4n) is 2.94. The minimum Gasteiger partial charge on any atom is -0.448 e. The molecule has 2 aromatic carbocycles. The second kappa shape index (κ2) is 8.32. The van der Waals surface area contributed by atoms with Crippen LogP contribution in [0.4, 0.5) is 5.69 Å². The van der Waals surface area contributed by atoms with Gasteiger partial charge >= 0.3 is 0 Å². The Labute approximate surface area is 176 Å². The van der Waals surface area contributed by atoms with E-state index in [4.69, 9.17) is 4.74 Å². The molecule has 0 amide bonds. The van der Waals surface area contributed by atoms with Crippen molar-refractivity contribution in [3.05, 3.63) is 70.7 Å². The Morgan fingerprint density at radius 3 is 2.79 bits per heavy atom. The van der Waals surface area contributed by atoms with Gasteiger partial charge in [0.1, 0.15) is 0 Å². The van der Waals surface area contributed by atoms with E-state index in [1.54, 1.807) is 0 Å². The topological polar surface area (TPSA) is 59.9 Å². The fraction of sp³-hybridized carbons (Fsp3) is 0.190. The average Bonchev–Trinajstić information content (AvgIpc) is 2.88. The highest BCUT2D eigenvalue weighted by molar-refractivity contribution is 9.10. The molecule has 142 valence electrons. The highest BCUT2D eigenvalue weighted by atomic mass is 79.9. The van der Waals surface area contributed by atoms with Crippen LogP contribution in [0, 0.1) is 0 Å². The number of anilines is 1. The maximum absolute atomic E-state index is 6.28. The minimum atomic E-state index is -0.374. The second-order valence-electron chi connectivity index (χ2n) is 6.28. The van der Waals surface area contributed by atoms with Crippen molar-refractivity contribution < 1.29 is 4.74 Å². The molecule has 1 aliphatic heterocycles. The zero-order valence-corrected chi connectivity index (χ0v) is 17.8. The molecule has 0 radical (unpaired) electrons. The van der Waals surface area contributed by atoms with Gasteiger partial charge in [-0.05, 0) is 30.2 Å². The third kappa shape index (κ3) is 3.91. The lowest BCUT2D eigenvalue weighted by molar-refractivity contribution is 0.225. The number of hydrogen-bond donors (Lipinski definition) is 1. The summed E-state index contributed by atoms with van der Waals surface area (Å²) in [7, 11) is 0. The summed E-state index contributed by atoms with van der Waals surface area (Å²) in [6.45, 7) is 5.88. The van der Waals surface area contributed by atoms with E-state index in [1.807, 2.05) is 24.3 Å². The molecule has 2 heterocycles. The number of aromatic nitrogens is 3. The lowest BCUT2D eigenvalue weighted by Crippen LogP contribution is -2.17. The number of hydrogen-bond acceptors (Lipinski definition) is 6. The number of ether oxygens (including phenoxy) is 1. The van der Waals surface area contributed by atoms with E-state index >= 15 is 0 Å². The number of nitrogens with one attached hydrogen (secondary N) is 1. The summed E-state index contributed by atoms with van der Waals surface area (Å²) < 4.78 is 7.24. The Bertz CT molecular complexity index is 1010. The Morgan fingerprint density at radius 1 is 1.21 bits per heavy atom. The molecule has 4 rings (SSSR count). The summed E-state index contributed by atoms with van der Waals surface area (Å²) in [5.41, 5.74) is 4.76.